The van der Waals surface area contributed by atoms with Crippen molar-refractivity contribution in [3.05, 3.63) is 30.3 Å². The molecule has 0 fully saturated rings. The van der Waals surface area contributed by atoms with Crippen LogP contribution in [0.25, 0.3) is 0 Å². The van der Waals surface area contributed by atoms with Crippen molar-refractivity contribution in [2.24, 2.45) is 0 Å². The van der Waals surface area contributed by atoms with Crippen molar-refractivity contribution >= 4 is 5.91 Å². The van der Waals surface area contributed by atoms with Crippen molar-refractivity contribution < 1.29 is 9.53 Å². The third kappa shape index (κ3) is 4.01. The maximum atomic E-state index is 11.4. The van der Waals surface area contributed by atoms with Gasteiger partial charge in [0.1, 0.15) is 11.3 Å². The van der Waals surface area contributed by atoms with Crippen LogP contribution in [0.2, 0.25) is 0 Å². The van der Waals surface area contributed by atoms with Gasteiger partial charge in [-0.3, -0.25) is 4.79 Å². The van der Waals surface area contributed by atoms with Gasteiger partial charge in [-0.2, -0.15) is 5.26 Å². The molecule has 1 rings (SSSR count). The molecule has 0 bridgehead atoms. The van der Waals surface area contributed by atoms with E-state index in [-0.39, 0.29) is 12.5 Å². The molecule has 4 nitrogen and oxygen atoms in total. The van der Waals surface area contributed by atoms with Crippen LogP contribution in [0.1, 0.15) is 13.8 Å². The first-order valence-electron chi connectivity index (χ1n) is 4.93. The molecule has 4 heteroatoms. The van der Waals surface area contributed by atoms with Gasteiger partial charge in [-0.25, -0.2) is 0 Å². The smallest absolute Gasteiger partial charge is 0.259 e. The zero-order valence-electron chi connectivity index (χ0n) is 9.36. The number of carbonyl (C=O) groups is 1. The molecule has 0 saturated carbocycles. The van der Waals surface area contributed by atoms with Gasteiger partial charge in [0.05, 0.1) is 6.07 Å². The molecule has 1 N–H and O–H groups in total. The van der Waals surface area contributed by atoms with Gasteiger partial charge in [0, 0.05) is 0 Å². The molecule has 0 heterocycles. The zero-order valence-corrected chi connectivity index (χ0v) is 9.36. The van der Waals surface area contributed by atoms with Crippen LogP contribution < -0.4 is 10.1 Å². The van der Waals surface area contributed by atoms with E-state index >= 15 is 0 Å². The lowest BCUT2D eigenvalue weighted by Gasteiger charge is -2.17. The monoisotopic (exact) mass is 218 g/mol. The molecule has 1 aromatic carbocycles. The van der Waals surface area contributed by atoms with Crippen molar-refractivity contribution in [3.8, 4) is 11.8 Å². The van der Waals surface area contributed by atoms with Crippen LogP contribution in [0.5, 0.6) is 5.75 Å². The SMILES string of the molecule is CC(C)(C#N)NC(=O)COc1ccccc1. The molecule has 0 aliphatic rings. The average molecular weight is 218 g/mol. The Morgan fingerprint density at radius 2 is 2.06 bits per heavy atom. The molecule has 0 aliphatic heterocycles. The van der Waals surface area contributed by atoms with E-state index < -0.39 is 5.54 Å². The van der Waals surface area contributed by atoms with E-state index in [2.05, 4.69) is 5.32 Å². The first-order valence-corrected chi connectivity index (χ1v) is 4.93. The summed E-state index contributed by atoms with van der Waals surface area (Å²) in [7, 11) is 0. The largest absolute Gasteiger partial charge is 0.484 e. The quantitative estimate of drug-likeness (QED) is 0.832. The van der Waals surface area contributed by atoms with Gasteiger partial charge in [-0.05, 0) is 26.0 Å². The minimum absolute atomic E-state index is 0.0882. The lowest BCUT2D eigenvalue weighted by molar-refractivity contribution is -0.124. The van der Waals surface area contributed by atoms with Crippen molar-refractivity contribution in [1.82, 2.24) is 5.32 Å². The predicted octanol–water partition coefficient (Wildman–Crippen LogP) is 1.48. The Morgan fingerprint density at radius 3 is 2.62 bits per heavy atom. The number of amides is 1. The maximum absolute atomic E-state index is 11.4. The normalized spacial score (nSPS) is 10.3. The second-order valence-corrected chi connectivity index (χ2v) is 3.89. The second kappa shape index (κ2) is 5.17. The molecule has 0 atom stereocenters. The molecule has 84 valence electrons. The van der Waals surface area contributed by atoms with Gasteiger partial charge >= 0.3 is 0 Å². The number of para-hydroxylation sites is 1. The lowest BCUT2D eigenvalue weighted by Crippen LogP contribution is -2.44. The van der Waals surface area contributed by atoms with Crippen LogP contribution in [0.4, 0.5) is 0 Å². The molecule has 0 saturated heterocycles. The third-order valence-electron chi connectivity index (χ3n) is 1.84. The Morgan fingerprint density at radius 1 is 1.44 bits per heavy atom. The van der Waals surface area contributed by atoms with Gasteiger partial charge in [0.2, 0.25) is 0 Å². The van der Waals surface area contributed by atoms with Crippen LogP contribution in [0, 0.1) is 11.3 Å². The zero-order chi connectivity index (χ0) is 12.0. The van der Waals surface area contributed by atoms with Crippen LogP contribution in [-0.2, 0) is 4.79 Å². The number of hydrogen-bond donors (Lipinski definition) is 1. The fraction of sp³-hybridized carbons (Fsp3) is 0.333. The van der Waals surface area contributed by atoms with E-state index in [1.807, 2.05) is 24.3 Å². The summed E-state index contributed by atoms with van der Waals surface area (Å²) >= 11 is 0. The molecule has 0 aromatic heterocycles. The van der Waals surface area contributed by atoms with Crippen molar-refractivity contribution in [2.75, 3.05) is 6.61 Å². The summed E-state index contributed by atoms with van der Waals surface area (Å²) in [6.07, 6.45) is 0. The Kier molecular flexibility index (Phi) is 3.90. The number of rotatable bonds is 4. The van der Waals surface area contributed by atoms with Gasteiger partial charge in [0.15, 0.2) is 6.61 Å². The molecular formula is C12H14N2O2. The number of nitriles is 1. The second-order valence-electron chi connectivity index (χ2n) is 3.89. The summed E-state index contributed by atoms with van der Waals surface area (Å²) in [4.78, 5) is 11.4. The number of ether oxygens (including phenoxy) is 1. The molecule has 0 radical (unpaired) electrons. The topological polar surface area (TPSA) is 62.1 Å². The summed E-state index contributed by atoms with van der Waals surface area (Å²) in [6, 6.07) is 11.0. The van der Waals surface area contributed by atoms with Crippen molar-refractivity contribution in [2.45, 2.75) is 19.4 Å². The summed E-state index contributed by atoms with van der Waals surface area (Å²) in [6.45, 7) is 3.18. The van der Waals surface area contributed by atoms with Crippen LogP contribution >= 0.6 is 0 Å². The minimum Gasteiger partial charge on any atom is -0.484 e. The standard InChI is InChI=1S/C12H14N2O2/c1-12(2,9-13)14-11(15)8-16-10-6-4-3-5-7-10/h3-7H,8H2,1-2H3,(H,14,15). The number of carbonyl (C=O) groups excluding carboxylic acids is 1. The fourth-order valence-electron chi connectivity index (χ4n) is 1.08. The summed E-state index contributed by atoms with van der Waals surface area (Å²) in [5, 5.41) is 11.3. The van der Waals surface area contributed by atoms with Crippen LogP contribution in [0.15, 0.2) is 30.3 Å². The Labute approximate surface area is 94.8 Å². The summed E-state index contributed by atoms with van der Waals surface area (Å²) in [5.41, 5.74) is -0.864. The first kappa shape index (κ1) is 12.1. The average Bonchev–Trinajstić information content (AvgIpc) is 2.27. The number of benzene rings is 1. The van der Waals surface area contributed by atoms with Crippen LogP contribution in [0.3, 0.4) is 0 Å². The highest BCUT2D eigenvalue weighted by molar-refractivity contribution is 5.78. The molecule has 0 spiro atoms. The van der Waals surface area contributed by atoms with E-state index in [1.165, 1.54) is 0 Å². The van der Waals surface area contributed by atoms with E-state index in [1.54, 1.807) is 26.0 Å². The summed E-state index contributed by atoms with van der Waals surface area (Å²) in [5.74, 6) is 0.322. The number of hydrogen-bond acceptors (Lipinski definition) is 3. The first-order chi connectivity index (χ1) is 7.53. The van der Waals surface area contributed by atoms with Crippen molar-refractivity contribution in [1.29, 1.82) is 5.26 Å². The molecule has 0 unspecified atom stereocenters. The Bertz CT molecular complexity index is 393. The fourth-order valence-corrected chi connectivity index (χ4v) is 1.08. The Hall–Kier alpha value is -2.02. The van der Waals surface area contributed by atoms with E-state index in [0.29, 0.717) is 5.75 Å². The highest BCUT2D eigenvalue weighted by atomic mass is 16.5. The molecule has 1 aromatic rings. The molecule has 0 aliphatic carbocycles. The summed E-state index contributed by atoms with van der Waals surface area (Å²) < 4.78 is 5.24. The van der Waals surface area contributed by atoms with Gasteiger partial charge < -0.3 is 10.1 Å². The molecule has 16 heavy (non-hydrogen) atoms. The minimum atomic E-state index is -0.864. The van der Waals surface area contributed by atoms with Gasteiger partial charge in [0.25, 0.3) is 5.91 Å². The lowest BCUT2D eigenvalue weighted by atomic mass is 10.1. The van der Waals surface area contributed by atoms with E-state index in [9.17, 15) is 4.79 Å². The van der Waals surface area contributed by atoms with E-state index in [0.717, 1.165) is 0 Å². The highest BCUT2D eigenvalue weighted by Gasteiger charge is 2.19. The number of nitrogens with one attached hydrogen (secondary N) is 1. The van der Waals surface area contributed by atoms with Crippen LogP contribution in [-0.4, -0.2) is 18.1 Å². The van der Waals surface area contributed by atoms with Gasteiger partial charge in [-0.15, -0.1) is 0 Å². The maximum Gasteiger partial charge on any atom is 0.259 e. The molecular weight excluding hydrogens is 204 g/mol. The Balaban J connectivity index is 2.40. The molecule has 1 amide bonds. The van der Waals surface area contributed by atoms with E-state index in [4.69, 9.17) is 10.00 Å². The predicted molar refractivity (Wildman–Crippen MR) is 59.8 cm³/mol. The van der Waals surface area contributed by atoms with Crippen molar-refractivity contribution in [3.63, 3.8) is 0 Å². The highest BCUT2D eigenvalue weighted by Crippen LogP contribution is 2.08. The third-order valence-corrected chi connectivity index (χ3v) is 1.84. The number of nitrogens with zero attached hydrogens (tertiary/aromatic N) is 1. The van der Waals surface area contributed by atoms with Gasteiger partial charge in [-0.1, -0.05) is 18.2 Å².